The van der Waals surface area contributed by atoms with Crippen LogP contribution in [0.4, 0.5) is 0 Å². The van der Waals surface area contributed by atoms with E-state index in [9.17, 15) is 0 Å². The number of hydrogen-bond acceptors (Lipinski definition) is 2. The highest BCUT2D eigenvalue weighted by atomic mass is 16.5. The molecular formula is C18H31NO. The van der Waals surface area contributed by atoms with Crippen molar-refractivity contribution in [3.05, 3.63) is 35.4 Å². The minimum absolute atomic E-state index is 0.139. The van der Waals surface area contributed by atoms with Gasteiger partial charge in [-0.05, 0) is 24.3 Å². The van der Waals surface area contributed by atoms with Crippen molar-refractivity contribution < 1.29 is 4.74 Å². The number of nitrogens with one attached hydrogen (secondary N) is 1. The van der Waals surface area contributed by atoms with Crippen LogP contribution in [0.1, 0.15) is 58.3 Å². The van der Waals surface area contributed by atoms with Gasteiger partial charge in [0, 0.05) is 19.2 Å². The highest BCUT2D eigenvalue weighted by Gasteiger charge is 2.15. The Labute approximate surface area is 124 Å². The maximum atomic E-state index is 6.15. The molecule has 2 nitrogen and oxygen atoms in total. The highest BCUT2D eigenvalue weighted by Crippen LogP contribution is 2.22. The van der Waals surface area contributed by atoms with Gasteiger partial charge in [0.15, 0.2) is 0 Å². The Bertz CT molecular complexity index is 393. The van der Waals surface area contributed by atoms with Gasteiger partial charge in [0.1, 0.15) is 0 Å². The quantitative estimate of drug-likeness (QED) is 0.793. The second-order valence-electron chi connectivity index (χ2n) is 7.15. The molecule has 1 rings (SSSR count). The standard InChI is InChI=1S/C18H31NO/c1-14(2)19-13-17(20-11-10-18(4,5)6)16-9-7-8-15(3)12-16/h7-9,12,14,17,19H,10-11,13H2,1-6H3. The van der Waals surface area contributed by atoms with E-state index in [2.05, 4.69) is 71.1 Å². The zero-order valence-corrected chi connectivity index (χ0v) is 14.0. The van der Waals surface area contributed by atoms with Crippen molar-refractivity contribution in [3.63, 3.8) is 0 Å². The summed E-state index contributed by atoms with van der Waals surface area (Å²) in [5.41, 5.74) is 2.88. The van der Waals surface area contributed by atoms with Gasteiger partial charge in [-0.2, -0.15) is 0 Å². The number of benzene rings is 1. The Morgan fingerprint density at radius 1 is 1.20 bits per heavy atom. The van der Waals surface area contributed by atoms with Gasteiger partial charge in [-0.1, -0.05) is 64.4 Å². The van der Waals surface area contributed by atoms with Crippen molar-refractivity contribution in [1.82, 2.24) is 5.32 Å². The van der Waals surface area contributed by atoms with Crippen LogP contribution in [0.5, 0.6) is 0 Å². The second-order valence-corrected chi connectivity index (χ2v) is 7.15. The molecule has 0 amide bonds. The van der Waals surface area contributed by atoms with Crippen molar-refractivity contribution >= 4 is 0 Å². The molecule has 0 aliphatic heterocycles. The Balaban J connectivity index is 2.65. The van der Waals surface area contributed by atoms with E-state index in [4.69, 9.17) is 4.74 Å². The highest BCUT2D eigenvalue weighted by molar-refractivity contribution is 5.24. The zero-order valence-electron chi connectivity index (χ0n) is 14.0. The van der Waals surface area contributed by atoms with Crippen molar-refractivity contribution in [2.75, 3.05) is 13.2 Å². The molecule has 0 heterocycles. The van der Waals surface area contributed by atoms with Gasteiger partial charge in [-0.25, -0.2) is 0 Å². The van der Waals surface area contributed by atoms with Crippen molar-refractivity contribution in [2.45, 2.75) is 60.1 Å². The van der Waals surface area contributed by atoms with Crippen LogP contribution in [0.25, 0.3) is 0 Å². The molecule has 0 aliphatic rings. The van der Waals surface area contributed by atoms with E-state index in [0.29, 0.717) is 11.5 Å². The van der Waals surface area contributed by atoms with Crippen molar-refractivity contribution in [2.24, 2.45) is 5.41 Å². The summed E-state index contributed by atoms with van der Waals surface area (Å²) >= 11 is 0. The maximum Gasteiger partial charge on any atom is 0.0949 e. The summed E-state index contributed by atoms with van der Waals surface area (Å²) in [4.78, 5) is 0. The third kappa shape index (κ3) is 7.06. The smallest absolute Gasteiger partial charge is 0.0949 e. The molecule has 1 aromatic rings. The summed E-state index contributed by atoms with van der Waals surface area (Å²) in [5, 5.41) is 3.49. The normalized spacial score (nSPS) is 13.8. The van der Waals surface area contributed by atoms with Crippen LogP contribution >= 0.6 is 0 Å². The van der Waals surface area contributed by atoms with Crippen molar-refractivity contribution in [1.29, 1.82) is 0 Å². The van der Waals surface area contributed by atoms with Crippen molar-refractivity contribution in [3.8, 4) is 0 Å². The topological polar surface area (TPSA) is 21.3 Å². The first-order valence-electron chi connectivity index (χ1n) is 7.69. The molecule has 0 aliphatic carbocycles. The lowest BCUT2D eigenvalue weighted by atomic mass is 9.93. The molecular weight excluding hydrogens is 246 g/mol. The molecule has 0 fully saturated rings. The number of aryl methyl sites for hydroxylation is 1. The first kappa shape index (κ1) is 17.2. The summed E-state index contributed by atoms with van der Waals surface area (Å²) in [5.74, 6) is 0. The van der Waals surface area contributed by atoms with E-state index < -0.39 is 0 Å². The largest absolute Gasteiger partial charge is 0.372 e. The molecule has 0 saturated heterocycles. The van der Waals surface area contributed by atoms with Crippen LogP contribution in [0.15, 0.2) is 24.3 Å². The maximum absolute atomic E-state index is 6.15. The third-order valence-electron chi connectivity index (χ3n) is 3.30. The average Bonchev–Trinajstić information content (AvgIpc) is 2.31. The summed E-state index contributed by atoms with van der Waals surface area (Å²) in [6.07, 6.45) is 1.22. The predicted molar refractivity (Wildman–Crippen MR) is 87.1 cm³/mol. The van der Waals surface area contributed by atoms with Gasteiger partial charge in [-0.3, -0.25) is 0 Å². The van der Waals surface area contributed by atoms with Gasteiger partial charge in [-0.15, -0.1) is 0 Å². The minimum Gasteiger partial charge on any atom is -0.372 e. The van der Waals surface area contributed by atoms with Gasteiger partial charge < -0.3 is 10.1 Å². The fraction of sp³-hybridized carbons (Fsp3) is 0.667. The summed E-state index contributed by atoms with van der Waals surface area (Å²) in [6.45, 7) is 14.9. The summed E-state index contributed by atoms with van der Waals surface area (Å²) in [6, 6.07) is 9.11. The first-order chi connectivity index (χ1) is 9.28. The van der Waals surface area contributed by atoms with Gasteiger partial charge in [0.05, 0.1) is 6.10 Å². The van der Waals surface area contributed by atoms with E-state index in [-0.39, 0.29) is 6.10 Å². The monoisotopic (exact) mass is 277 g/mol. The molecule has 2 heteroatoms. The molecule has 114 valence electrons. The Kier molecular flexibility index (Phi) is 6.70. The fourth-order valence-corrected chi connectivity index (χ4v) is 1.99. The van der Waals surface area contributed by atoms with E-state index in [1.807, 2.05) is 0 Å². The molecule has 1 N–H and O–H groups in total. The number of rotatable bonds is 7. The zero-order chi connectivity index (χ0) is 15.2. The van der Waals surface area contributed by atoms with E-state index in [0.717, 1.165) is 19.6 Å². The van der Waals surface area contributed by atoms with Gasteiger partial charge in [0.25, 0.3) is 0 Å². The lowest BCUT2D eigenvalue weighted by molar-refractivity contribution is 0.0358. The van der Waals surface area contributed by atoms with E-state index >= 15 is 0 Å². The summed E-state index contributed by atoms with van der Waals surface area (Å²) < 4.78 is 6.15. The van der Waals surface area contributed by atoms with E-state index in [1.54, 1.807) is 0 Å². The van der Waals surface area contributed by atoms with Crippen LogP contribution < -0.4 is 5.32 Å². The van der Waals surface area contributed by atoms with Crippen LogP contribution in [0.2, 0.25) is 0 Å². The third-order valence-corrected chi connectivity index (χ3v) is 3.30. The Hall–Kier alpha value is -0.860. The molecule has 1 aromatic carbocycles. The molecule has 1 atom stereocenters. The average molecular weight is 277 g/mol. The molecule has 0 bridgehead atoms. The second kappa shape index (κ2) is 7.80. The van der Waals surface area contributed by atoms with E-state index in [1.165, 1.54) is 11.1 Å². The molecule has 0 saturated carbocycles. The first-order valence-corrected chi connectivity index (χ1v) is 7.69. The number of hydrogen-bond donors (Lipinski definition) is 1. The van der Waals surface area contributed by atoms with Gasteiger partial charge in [0.2, 0.25) is 0 Å². The molecule has 20 heavy (non-hydrogen) atoms. The lowest BCUT2D eigenvalue weighted by Crippen LogP contribution is -2.29. The summed E-state index contributed by atoms with van der Waals surface area (Å²) in [7, 11) is 0. The minimum atomic E-state index is 0.139. The van der Waals surface area contributed by atoms with Crippen LogP contribution in [0.3, 0.4) is 0 Å². The Morgan fingerprint density at radius 3 is 2.45 bits per heavy atom. The van der Waals surface area contributed by atoms with Crippen LogP contribution in [0, 0.1) is 12.3 Å². The molecule has 0 aromatic heterocycles. The Morgan fingerprint density at radius 2 is 1.90 bits per heavy atom. The predicted octanol–water partition coefficient (Wildman–Crippen LogP) is 4.49. The SMILES string of the molecule is Cc1cccc(C(CNC(C)C)OCCC(C)(C)C)c1. The van der Waals surface area contributed by atoms with Gasteiger partial charge >= 0.3 is 0 Å². The lowest BCUT2D eigenvalue weighted by Gasteiger charge is -2.24. The van der Waals surface area contributed by atoms with Crippen LogP contribution in [-0.2, 0) is 4.74 Å². The molecule has 1 unspecified atom stereocenters. The number of ether oxygens (including phenoxy) is 1. The molecule has 0 radical (unpaired) electrons. The van der Waals surface area contributed by atoms with Crippen LogP contribution in [-0.4, -0.2) is 19.2 Å². The molecule has 0 spiro atoms. The fourth-order valence-electron chi connectivity index (χ4n) is 1.99.